The van der Waals surface area contributed by atoms with E-state index in [0.717, 1.165) is 11.3 Å². The number of ketones is 1. The molecule has 0 saturated heterocycles. The van der Waals surface area contributed by atoms with E-state index >= 15 is 0 Å². The Morgan fingerprint density at radius 3 is 2.47 bits per heavy atom. The van der Waals surface area contributed by atoms with Crippen molar-refractivity contribution in [2.45, 2.75) is 5.16 Å². The second-order valence-electron chi connectivity index (χ2n) is 6.20. The molecular formula is C21H13Cl3N4OS. The molecule has 150 valence electrons. The first kappa shape index (κ1) is 20.9. The van der Waals surface area contributed by atoms with Crippen molar-refractivity contribution in [3.05, 3.63) is 87.6 Å². The summed E-state index contributed by atoms with van der Waals surface area (Å²) >= 11 is 19.5. The van der Waals surface area contributed by atoms with E-state index in [1.807, 2.05) is 22.8 Å². The van der Waals surface area contributed by atoms with E-state index in [4.69, 9.17) is 34.8 Å². The highest BCUT2D eigenvalue weighted by atomic mass is 35.5. The van der Waals surface area contributed by atoms with Gasteiger partial charge in [-0.3, -0.25) is 14.3 Å². The zero-order valence-electron chi connectivity index (χ0n) is 15.3. The average molecular weight is 476 g/mol. The van der Waals surface area contributed by atoms with Gasteiger partial charge >= 0.3 is 0 Å². The molecule has 0 spiro atoms. The predicted molar refractivity (Wildman–Crippen MR) is 121 cm³/mol. The zero-order valence-corrected chi connectivity index (χ0v) is 18.4. The minimum Gasteiger partial charge on any atom is -0.293 e. The fourth-order valence-corrected chi connectivity index (χ4v) is 4.02. The van der Waals surface area contributed by atoms with E-state index in [-0.39, 0.29) is 11.5 Å². The van der Waals surface area contributed by atoms with Gasteiger partial charge in [0.25, 0.3) is 0 Å². The van der Waals surface area contributed by atoms with Crippen LogP contribution in [0.25, 0.3) is 17.1 Å². The number of benzene rings is 2. The van der Waals surface area contributed by atoms with Crippen LogP contribution in [0.2, 0.25) is 15.1 Å². The highest BCUT2D eigenvalue weighted by Gasteiger charge is 2.18. The van der Waals surface area contributed by atoms with Crippen LogP contribution in [0.4, 0.5) is 0 Å². The maximum absolute atomic E-state index is 12.6. The standard InChI is InChI=1S/C21H13Cl3N4OS/c22-15-5-3-13(4-6-15)19(29)12-30-21-27-26-20(14-2-1-9-25-11-14)28(21)16-7-8-17(23)18(24)10-16/h1-11H,12H2. The minimum absolute atomic E-state index is 0.0386. The molecule has 0 N–H and O–H groups in total. The molecule has 4 rings (SSSR count). The number of rotatable bonds is 6. The maximum Gasteiger partial charge on any atom is 0.196 e. The van der Waals surface area contributed by atoms with Gasteiger partial charge in [-0.05, 0) is 54.6 Å². The lowest BCUT2D eigenvalue weighted by molar-refractivity contribution is 0.102. The Kier molecular flexibility index (Phi) is 6.39. The summed E-state index contributed by atoms with van der Waals surface area (Å²) in [6, 6.07) is 15.8. The van der Waals surface area contributed by atoms with Crippen molar-refractivity contribution in [2.75, 3.05) is 5.75 Å². The molecule has 9 heteroatoms. The number of halogens is 3. The summed E-state index contributed by atoms with van der Waals surface area (Å²) in [7, 11) is 0. The number of aromatic nitrogens is 4. The molecule has 0 radical (unpaired) electrons. The van der Waals surface area contributed by atoms with Crippen molar-refractivity contribution in [1.29, 1.82) is 0 Å². The van der Waals surface area contributed by atoms with Crippen molar-refractivity contribution in [3.63, 3.8) is 0 Å². The van der Waals surface area contributed by atoms with E-state index in [1.165, 1.54) is 11.8 Å². The van der Waals surface area contributed by atoms with E-state index in [9.17, 15) is 4.79 Å². The monoisotopic (exact) mass is 474 g/mol. The van der Waals surface area contributed by atoms with Crippen LogP contribution in [0.5, 0.6) is 0 Å². The lowest BCUT2D eigenvalue weighted by Crippen LogP contribution is -2.05. The molecule has 30 heavy (non-hydrogen) atoms. The van der Waals surface area contributed by atoms with Gasteiger partial charge in [0.2, 0.25) is 0 Å². The Bertz CT molecular complexity index is 1200. The number of Topliss-reactive ketones (excluding diaryl/α,β-unsaturated/α-hetero) is 1. The largest absolute Gasteiger partial charge is 0.293 e. The predicted octanol–water partition coefficient (Wildman–Crippen LogP) is 6.26. The molecule has 0 fully saturated rings. The summed E-state index contributed by atoms with van der Waals surface area (Å²) in [6.07, 6.45) is 3.38. The second kappa shape index (κ2) is 9.18. The molecule has 2 heterocycles. The third-order valence-electron chi connectivity index (χ3n) is 4.21. The average Bonchev–Trinajstić information content (AvgIpc) is 3.19. The highest BCUT2D eigenvalue weighted by Crippen LogP contribution is 2.31. The first-order valence-electron chi connectivity index (χ1n) is 8.76. The number of carbonyl (C=O) groups excluding carboxylic acids is 1. The van der Waals surface area contributed by atoms with Crippen molar-refractivity contribution >= 4 is 52.3 Å². The Balaban J connectivity index is 1.69. The summed E-state index contributed by atoms with van der Waals surface area (Å²) in [5.74, 6) is 0.736. The van der Waals surface area contributed by atoms with Crippen molar-refractivity contribution in [2.24, 2.45) is 0 Å². The topological polar surface area (TPSA) is 60.7 Å². The van der Waals surface area contributed by atoms with Crippen molar-refractivity contribution < 1.29 is 4.79 Å². The molecule has 0 atom stereocenters. The van der Waals surface area contributed by atoms with Crippen molar-refractivity contribution in [1.82, 2.24) is 19.7 Å². The molecule has 2 aromatic heterocycles. The van der Waals surface area contributed by atoms with E-state index in [0.29, 0.717) is 31.6 Å². The van der Waals surface area contributed by atoms with Crippen LogP contribution in [-0.2, 0) is 0 Å². The molecule has 0 unspecified atom stereocenters. The maximum atomic E-state index is 12.6. The Hall–Kier alpha value is -2.38. The van der Waals surface area contributed by atoms with Gasteiger partial charge < -0.3 is 0 Å². The van der Waals surface area contributed by atoms with Crippen LogP contribution in [0.15, 0.2) is 72.1 Å². The lowest BCUT2D eigenvalue weighted by Gasteiger charge is -2.11. The van der Waals surface area contributed by atoms with E-state index in [1.54, 1.807) is 48.8 Å². The van der Waals surface area contributed by atoms with E-state index in [2.05, 4.69) is 15.2 Å². The fraction of sp³-hybridized carbons (Fsp3) is 0.0476. The normalized spacial score (nSPS) is 10.9. The number of nitrogens with zero attached hydrogens (tertiary/aromatic N) is 4. The van der Waals surface area contributed by atoms with Gasteiger partial charge in [-0.25, -0.2) is 0 Å². The number of thioether (sulfide) groups is 1. The smallest absolute Gasteiger partial charge is 0.196 e. The third-order valence-corrected chi connectivity index (χ3v) is 6.13. The van der Waals surface area contributed by atoms with Crippen LogP contribution in [0.3, 0.4) is 0 Å². The quantitative estimate of drug-likeness (QED) is 0.243. The molecule has 0 saturated carbocycles. The molecule has 4 aromatic rings. The molecule has 0 bridgehead atoms. The second-order valence-corrected chi connectivity index (χ2v) is 8.39. The first-order valence-corrected chi connectivity index (χ1v) is 10.9. The Morgan fingerprint density at radius 1 is 0.967 bits per heavy atom. The summed E-state index contributed by atoms with van der Waals surface area (Å²) in [4.78, 5) is 16.7. The van der Waals surface area contributed by atoms with E-state index < -0.39 is 0 Å². The van der Waals surface area contributed by atoms with Crippen LogP contribution >= 0.6 is 46.6 Å². The Morgan fingerprint density at radius 2 is 1.77 bits per heavy atom. The zero-order chi connectivity index (χ0) is 21.1. The third kappa shape index (κ3) is 4.52. The van der Waals surface area contributed by atoms with Gasteiger partial charge in [-0.1, -0.05) is 46.6 Å². The molecule has 0 aliphatic carbocycles. The highest BCUT2D eigenvalue weighted by molar-refractivity contribution is 7.99. The number of hydrogen-bond donors (Lipinski definition) is 0. The molecule has 0 aliphatic rings. The van der Waals surface area contributed by atoms with Crippen LogP contribution in [0.1, 0.15) is 10.4 Å². The van der Waals surface area contributed by atoms with Crippen LogP contribution in [-0.4, -0.2) is 31.3 Å². The molecule has 0 aliphatic heterocycles. The summed E-state index contributed by atoms with van der Waals surface area (Å²) < 4.78 is 1.83. The van der Waals surface area contributed by atoms with Gasteiger partial charge in [-0.2, -0.15) is 0 Å². The van der Waals surface area contributed by atoms with Gasteiger partial charge in [0.1, 0.15) is 0 Å². The van der Waals surface area contributed by atoms with Gasteiger partial charge in [0.15, 0.2) is 16.8 Å². The van der Waals surface area contributed by atoms with Crippen LogP contribution < -0.4 is 0 Å². The Labute approximate surface area is 192 Å². The SMILES string of the molecule is O=C(CSc1nnc(-c2cccnc2)n1-c1ccc(Cl)c(Cl)c1)c1ccc(Cl)cc1. The fourth-order valence-electron chi connectivity index (χ4n) is 2.75. The molecule has 0 amide bonds. The van der Waals surface area contributed by atoms with Gasteiger partial charge in [0, 0.05) is 28.5 Å². The molecule has 5 nitrogen and oxygen atoms in total. The number of hydrogen-bond acceptors (Lipinski definition) is 5. The number of carbonyl (C=O) groups is 1. The molecular weight excluding hydrogens is 463 g/mol. The number of pyridine rings is 1. The van der Waals surface area contributed by atoms with Crippen LogP contribution in [0, 0.1) is 0 Å². The van der Waals surface area contributed by atoms with Crippen molar-refractivity contribution in [3.8, 4) is 17.1 Å². The first-order chi connectivity index (χ1) is 14.5. The summed E-state index contributed by atoms with van der Waals surface area (Å²) in [5.41, 5.74) is 2.10. The summed E-state index contributed by atoms with van der Waals surface area (Å²) in [5, 5.41) is 10.6. The minimum atomic E-state index is -0.0386. The van der Waals surface area contributed by atoms with Gasteiger partial charge in [-0.15, -0.1) is 10.2 Å². The van der Waals surface area contributed by atoms with Gasteiger partial charge in [0.05, 0.1) is 21.5 Å². The molecule has 2 aromatic carbocycles. The summed E-state index contributed by atoms with van der Waals surface area (Å²) in [6.45, 7) is 0. The lowest BCUT2D eigenvalue weighted by atomic mass is 10.1.